The summed E-state index contributed by atoms with van der Waals surface area (Å²) in [5.41, 5.74) is 0. The lowest BCUT2D eigenvalue weighted by Crippen LogP contribution is -2.10. The van der Waals surface area contributed by atoms with Crippen LogP contribution in [0, 0.1) is 0 Å². The van der Waals surface area contributed by atoms with Gasteiger partial charge in [0.25, 0.3) is 0 Å². The molecule has 0 aromatic rings. The van der Waals surface area contributed by atoms with Crippen LogP contribution >= 0.6 is 0 Å². The average molecular weight is 186 g/mol. The molecule has 0 spiro atoms. The molecule has 0 fully saturated rings. The number of hydrogen-bond donors (Lipinski definition) is 1. The molecular formula is C9H14O4. The van der Waals surface area contributed by atoms with Crippen LogP contribution in [0.3, 0.4) is 0 Å². The van der Waals surface area contributed by atoms with E-state index in [0.717, 1.165) is 6.42 Å². The maximum atomic E-state index is 10.7. The first-order valence-corrected chi connectivity index (χ1v) is 4.19. The van der Waals surface area contributed by atoms with E-state index < -0.39 is 18.4 Å². The summed E-state index contributed by atoms with van der Waals surface area (Å²) < 4.78 is 4.63. The summed E-state index contributed by atoms with van der Waals surface area (Å²) in [6, 6.07) is 0. The van der Waals surface area contributed by atoms with Gasteiger partial charge in [-0.05, 0) is 12.8 Å². The van der Waals surface area contributed by atoms with E-state index in [1.807, 2.05) is 19.1 Å². The predicted molar refractivity (Wildman–Crippen MR) is 47.3 cm³/mol. The summed E-state index contributed by atoms with van der Waals surface area (Å²) in [6.45, 7) is 2.26. The third-order valence-corrected chi connectivity index (χ3v) is 1.25. The van der Waals surface area contributed by atoms with Gasteiger partial charge in [0, 0.05) is 0 Å². The molecule has 1 N–H and O–H groups in total. The fourth-order valence-electron chi connectivity index (χ4n) is 0.700. The second-order valence-electron chi connectivity index (χ2n) is 2.46. The molecule has 0 atom stereocenters. The van der Waals surface area contributed by atoms with Crippen molar-refractivity contribution >= 4 is 11.9 Å². The Kier molecular flexibility index (Phi) is 6.59. The molecule has 0 unspecified atom stereocenters. The standard InChI is InChI=1S/C9H14O4/c1-2-3-4-5-6-13-9(12)7-8(10)11/h3-4H,2,5-7H2,1H3,(H,10,11). The lowest BCUT2D eigenvalue weighted by molar-refractivity contribution is -0.151. The maximum Gasteiger partial charge on any atom is 0.317 e. The van der Waals surface area contributed by atoms with Crippen LogP contribution in [0.1, 0.15) is 26.2 Å². The van der Waals surface area contributed by atoms with Crippen molar-refractivity contribution in [2.45, 2.75) is 26.2 Å². The van der Waals surface area contributed by atoms with Gasteiger partial charge < -0.3 is 9.84 Å². The molecular weight excluding hydrogens is 172 g/mol. The van der Waals surface area contributed by atoms with Crippen molar-refractivity contribution in [2.75, 3.05) is 6.61 Å². The van der Waals surface area contributed by atoms with Gasteiger partial charge in [0.2, 0.25) is 0 Å². The largest absolute Gasteiger partial charge is 0.481 e. The third-order valence-electron chi connectivity index (χ3n) is 1.25. The minimum Gasteiger partial charge on any atom is -0.481 e. The summed E-state index contributed by atoms with van der Waals surface area (Å²) in [6.07, 6.45) is 4.89. The first-order chi connectivity index (χ1) is 6.16. The molecule has 0 radical (unpaired) electrons. The number of ether oxygens (including phenoxy) is 1. The van der Waals surface area contributed by atoms with Gasteiger partial charge in [-0.2, -0.15) is 0 Å². The van der Waals surface area contributed by atoms with Gasteiger partial charge in [0.05, 0.1) is 6.61 Å². The first kappa shape index (κ1) is 11.7. The van der Waals surface area contributed by atoms with E-state index in [9.17, 15) is 9.59 Å². The number of allylic oxidation sites excluding steroid dienone is 1. The van der Waals surface area contributed by atoms with Crippen LogP contribution < -0.4 is 0 Å². The van der Waals surface area contributed by atoms with Crippen molar-refractivity contribution in [1.29, 1.82) is 0 Å². The molecule has 0 amide bonds. The molecule has 0 saturated carbocycles. The highest BCUT2D eigenvalue weighted by molar-refractivity contribution is 5.90. The molecule has 74 valence electrons. The number of carbonyl (C=O) groups excluding carboxylic acids is 1. The quantitative estimate of drug-likeness (QED) is 0.294. The highest BCUT2D eigenvalue weighted by Gasteiger charge is 2.07. The van der Waals surface area contributed by atoms with Gasteiger partial charge in [0.15, 0.2) is 0 Å². The molecule has 0 rings (SSSR count). The molecule has 0 aliphatic rings. The van der Waals surface area contributed by atoms with E-state index >= 15 is 0 Å². The molecule has 0 aliphatic heterocycles. The van der Waals surface area contributed by atoms with Crippen molar-refractivity contribution in [3.8, 4) is 0 Å². The van der Waals surface area contributed by atoms with Crippen LogP contribution in [0.2, 0.25) is 0 Å². The van der Waals surface area contributed by atoms with Crippen molar-refractivity contribution < 1.29 is 19.4 Å². The van der Waals surface area contributed by atoms with E-state index in [1.54, 1.807) is 0 Å². The van der Waals surface area contributed by atoms with Crippen LogP contribution in [0.15, 0.2) is 12.2 Å². The molecule has 0 aromatic carbocycles. The number of hydrogen-bond acceptors (Lipinski definition) is 3. The topological polar surface area (TPSA) is 63.6 Å². The molecule has 0 aliphatic carbocycles. The van der Waals surface area contributed by atoms with Gasteiger partial charge in [-0.25, -0.2) is 0 Å². The fourth-order valence-corrected chi connectivity index (χ4v) is 0.700. The molecule has 0 aromatic heterocycles. The molecule has 0 bridgehead atoms. The highest BCUT2D eigenvalue weighted by Crippen LogP contribution is 1.91. The summed E-state index contributed by atoms with van der Waals surface area (Å²) >= 11 is 0. The number of esters is 1. The van der Waals surface area contributed by atoms with Gasteiger partial charge in [0.1, 0.15) is 6.42 Å². The summed E-state index contributed by atoms with van der Waals surface area (Å²) in [5.74, 6) is -1.84. The monoisotopic (exact) mass is 186 g/mol. The van der Waals surface area contributed by atoms with Gasteiger partial charge in [-0.3, -0.25) is 9.59 Å². The zero-order chi connectivity index (χ0) is 10.1. The number of rotatable bonds is 6. The first-order valence-electron chi connectivity index (χ1n) is 4.19. The zero-order valence-electron chi connectivity index (χ0n) is 7.66. The second kappa shape index (κ2) is 7.34. The Morgan fingerprint density at radius 2 is 2.08 bits per heavy atom. The molecule has 13 heavy (non-hydrogen) atoms. The van der Waals surface area contributed by atoms with Gasteiger partial charge >= 0.3 is 11.9 Å². The van der Waals surface area contributed by atoms with Crippen molar-refractivity contribution in [3.63, 3.8) is 0 Å². The molecule has 4 nitrogen and oxygen atoms in total. The maximum absolute atomic E-state index is 10.7. The van der Waals surface area contributed by atoms with Gasteiger partial charge in [-0.15, -0.1) is 0 Å². The highest BCUT2D eigenvalue weighted by atomic mass is 16.5. The lowest BCUT2D eigenvalue weighted by atomic mass is 10.3. The minimum absolute atomic E-state index is 0.253. The smallest absolute Gasteiger partial charge is 0.317 e. The summed E-state index contributed by atoms with van der Waals surface area (Å²) in [7, 11) is 0. The number of aliphatic carboxylic acids is 1. The van der Waals surface area contributed by atoms with Crippen LogP contribution in [-0.2, 0) is 14.3 Å². The zero-order valence-corrected chi connectivity index (χ0v) is 7.66. The Balaban J connectivity index is 3.37. The van der Waals surface area contributed by atoms with Crippen LogP contribution in [0.4, 0.5) is 0 Å². The molecule has 4 heteroatoms. The van der Waals surface area contributed by atoms with Crippen LogP contribution in [0.25, 0.3) is 0 Å². The average Bonchev–Trinajstić information content (AvgIpc) is 2.02. The number of carbonyl (C=O) groups is 2. The van der Waals surface area contributed by atoms with Crippen LogP contribution in [0.5, 0.6) is 0 Å². The predicted octanol–water partition coefficient (Wildman–Crippen LogP) is 1.36. The lowest BCUT2D eigenvalue weighted by Gasteiger charge is -1.99. The fraction of sp³-hybridized carbons (Fsp3) is 0.556. The van der Waals surface area contributed by atoms with Crippen molar-refractivity contribution in [3.05, 3.63) is 12.2 Å². The Morgan fingerprint density at radius 1 is 1.38 bits per heavy atom. The van der Waals surface area contributed by atoms with E-state index in [1.165, 1.54) is 0 Å². The Hall–Kier alpha value is -1.32. The van der Waals surface area contributed by atoms with E-state index in [-0.39, 0.29) is 6.61 Å². The van der Waals surface area contributed by atoms with Crippen LogP contribution in [-0.4, -0.2) is 23.7 Å². The third kappa shape index (κ3) is 8.59. The van der Waals surface area contributed by atoms with Crippen molar-refractivity contribution in [2.24, 2.45) is 0 Å². The second-order valence-corrected chi connectivity index (χ2v) is 2.46. The van der Waals surface area contributed by atoms with Crippen molar-refractivity contribution in [1.82, 2.24) is 0 Å². The number of carboxylic acid groups (broad SMARTS) is 1. The Morgan fingerprint density at radius 3 is 2.62 bits per heavy atom. The molecule has 0 saturated heterocycles. The Bertz CT molecular complexity index is 196. The molecule has 0 heterocycles. The van der Waals surface area contributed by atoms with E-state index in [2.05, 4.69) is 4.74 Å². The van der Waals surface area contributed by atoms with E-state index in [4.69, 9.17) is 5.11 Å². The SMILES string of the molecule is CCC=CCCOC(=O)CC(=O)O. The summed E-state index contributed by atoms with van der Waals surface area (Å²) in [4.78, 5) is 20.7. The summed E-state index contributed by atoms with van der Waals surface area (Å²) in [5, 5.41) is 8.21. The van der Waals surface area contributed by atoms with E-state index in [0.29, 0.717) is 6.42 Å². The number of carboxylic acids is 1. The minimum atomic E-state index is -1.16. The Labute approximate surface area is 77.2 Å². The normalized spacial score (nSPS) is 10.2. The van der Waals surface area contributed by atoms with Gasteiger partial charge in [-0.1, -0.05) is 19.1 Å².